The number of hydrogen-bond acceptors (Lipinski definition) is 5. The molecular formula is C19H19BrCl2N4O3S. The van der Waals surface area contributed by atoms with E-state index in [1.165, 1.54) is 10.5 Å². The van der Waals surface area contributed by atoms with Crippen LogP contribution in [-0.2, 0) is 14.8 Å². The van der Waals surface area contributed by atoms with E-state index in [0.29, 0.717) is 41.8 Å². The maximum atomic E-state index is 12.7. The summed E-state index contributed by atoms with van der Waals surface area (Å²) in [6.07, 6.45) is 1.43. The maximum Gasteiger partial charge on any atom is 0.254 e. The molecule has 2 aromatic carbocycles. The number of piperazine rings is 1. The van der Waals surface area contributed by atoms with Crippen LogP contribution < -0.4 is 5.43 Å². The van der Waals surface area contributed by atoms with Crippen LogP contribution in [0.4, 0.5) is 0 Å². The van der Waals surface area contributed by atoms with E-state index in [1.54, 1.807) is 42.5 Å². The smallest absolute Gasteiger partial charge is 0.254 e. The summed E-state index contributed by atoms with van der Waals surface area (Å²) in [6.45, 7) is 1.65. The third-order valence-corrected chi connectivity index (χ3v) is 7.80. The van der Waals surface area contributed by atoms with Crippen LogP contribution >= 0.6 is 39.1 Å². The molecule has 30 heavy (non-hydrogen) atoms. The van der Waals surface area contributed by atoms with E-state index in [9.17, 15) is 13.2 Å². The van der Waals surface area contributed by atoms with Gasteiger partial charge in [0.15, 0.2) is 0 Å². The first-order chi connectivity index (χ1) is 14.3. The Labute approximate surface area is 193 Å². The van der Waals surface area contributed by atoms with Gasteiger partial charge in [0.05, 0.1) is 27.7 Å². The molecule has 2 aromatic rings. The zero-order valence-electron chi connectivity index (χ0n) is 15.8. The second-order valence-electron chi connectivity index (χ2n) is 6.57. The Hall–Kier alpha value is -1.49. The van der Waals surface area contributed by atoms with Crippen LogP contribution in [0.5, 0.6) is 0 Å². The third-order valence-electron chi connectivity index (χ3n) is 4.52. The summed E-state index contributed by atoms with van der Waals surface area (Å²) in [7, 11) is -3.54. The number of carbonyl (C=O) groups is 1. The van der Waals surface area contributed by atoms with Gasteiger partial charge in [0, 0.05) is 36.2 Å². The Kier molecular flexibility index (Phi) is 7.89. The Morgan fingerprint density at radius 1 is 1.10 bits per heavy atom. The van der Waals surface area contributed by atoms with Crippen molar-refractivity contribution in [3.05, 3.63) is 62.5 Å². The SMILES string of the molecule is O=C(CN1CCN(S(=O)(=O)c2ccc(Br)cc2)CC1)NN=Cc1cccc(Cl)c1Cl. The van der Waals surface area contributed by atoms with Gasteiger partial charge < -0.3 is 0 Å². The standard InChI is InChI=1S/C19H19BrCl2N4O3S/c20-15-4-6-16(7-5-15)30(28,29)26-10-8-25(9-11-26)13-18(27)24-23-12-14-2-1-3-17(21)19(14)22/h1-7,12H,8-11,13H2,(H,24,27). The molecule has 0 bridgehead atoms. The fraction of sp³-hybridized carbons (Fsp3) is 0.263. The van der Waals surface area contributed by atoms with Gasteiger partial charge in [0.25, 0.3) is 5.91 Å². The molecule has 1 heterocycles. The van der Waals surface area contributed by atoms with Crippen LogP contribution in [-0.4, -0.2) is 62.5 Å². The molecule has 7 nitrogen and oxygen atoms in total. The van der Waals surface area contributed by atoms with Crippen LogP contribution in [0.2, 0.25) is 10.0 Å². The molecule has 0 unspecified atom stereocenters. The monoisotopic (exact) mass is 532 g/mol. The summed E-state index contributed by atoms with van der Waals surface area (Å²) in [5.41, 5.74) is 3.04. The summed E-state index contributed by atoms with van der Waals surface area (Å²) in [6, 6.07) is 11.7. The van der Waals surface area contributed by atoms with Gasteiger partial charge in [-0.3, -0.25) is 9.69 Å². The van der Waals surface area contributed by atoms with Crippen molar-refractivity contribution in [3.63, 3.8) is 0 Å². The number of nitrogens with zero attached hydrogens (tertiary/aromatic N) is 3. The van der Waals surface area contributed by atoms with Crippen molar-refractivity contribution < 1.29 is 13.2 Å². The van der Waals surface area contributed by atoms with Crippen molar-refractivity contribution in [2.75, 3.05) is 32.7 Å². The van der Waals surface area contributed by atoms with Gasteiger partial charge in [0.1, 0.15) is 0 Å². The van der Waals surface area contributed by atoms with Crippen molar-refractivity contribution >= 4 is 61.3 Å². The summed E-state index contributed by atoms with van der Waals surface area (Å²) >= 11 is 15.3. The first-order valence-electron chi connectivity index (χ1n) is 9.01. The lowest BCUT2D eigenvalue weighted by molar-refractivity contribution is -0.122. The third kappa shape index (κ3) is 5.81. The lowest BCUT2D eigenvalue weighted by Crippen LogP contribution is -2.50. The zero-order valence-corrected chi connectivity index (χ0v) is 19.7. The van der Waals surface area contributed by atoms with Crippen molar-refractivity contribution in [3.8, 4) is 0 Å². The maximum absolute atomic E-state index is 12.7. The molecule has 1 amide bonds. The topological polar surface area (TPSA) is 82.1 Å². The fourth-order valence-corrected chi connectivity index (χ4v) is 4.96. The minimum absolute atomic E-state index is 0.118. The molecule has 1 saturated heterocycles. The zero-order chi connectivity index (χ0) is 21.7. The van der Waals surface area contributed by atoms with Crippen LogP contribution in [0.1, 0.15) is 5.56 Å². The molecule has 1 fully saturated rings. The van der Waals surface area contributed by atoms with Crippen LogP contribution in [0.15, 0.2) is 56.9 Å². The van der Waals surface area contributed by atoms with Gasteiger partial charge in [-0.15, -0.1) is 0 Å². The molecule has 0 radical (unpaired) electrons. The molecule has 0 aromatic heterocycles. The van der Waals surface area contributed by atoms with Crippen LogP contribution in [0.25, 0.3) is 0 Å². The molecule has 11 heteroatoms. The molecule has 3 rings (SSSR count). The average Bonchev–Trinajstić information content (AvgIpc) is 2.72. The number of amides is 1. The number of rotatable bonds is 6. The van der Waals surface area contributed by atoms with E-state index in [4.69, 9.17) is 23.2 Å². The number of sulfonamides is 1. The largest absolute Gasteiger partial charge is 0.292 e. The number of hydrogen-bond donors (Lipinski definition) is 1. The van der Waals surface area contributed by atoms with Crippen molar-refractivity contribution in [2.24, 2.45) is 5.10 Å². The Balaban J connectivity index is 1.49. The van der Waals surface area contributed by atoms with Gasteiger partial charge in [-0.25, -0.2) is 13.8 Å². The van der Waals surface area contributed by atoms with Crippen molar-refractivity contribution in [1.29, 1.82) is 0 Å². The lowest BCUT2D eigenvalue weighted by Gasteiger charge is -2.33. The molecule has 1 aliphatic rings. The van der Waals surface area contributed by atoms with E-state index in [2.05, 4.69) is 26.5 Å². The van der Waals surface area contributed by atoms with Gasteiger partial charge >= 0.3 is 0 Å². The summed E-state index contributed by atoms with van der Waals surface area (Å²) in [4.78, 5) is 14.3. The highest BCUT2D eigenvalue weighted by atomic mass is 79.9. The van der Waals surface area contributed by atoms with Crippen LogP contribution in [0.3, 0.4) is 0 Å². The Bertz CT molecular complexity index is 1040. The molecule has 160 valence electrons. The molecule has 1 aliphatic heterocycles. The Morgan fingerprint density at radius 2 is 1.77 bits per heavy atom. The minimum Gasteiger partial charge on any atom is -0.292 e. The van der Waals surface area contributed by atoms with E-state index >= 15 is 0 Å². The van der Waals surface area contributed by atoms with Gasteiger partial charge in [-0.2, -0.15) is 9.41 Å². The highest BCUT2D eigenvalue weighted by molar-refractivity contribution is 9.10. The first kappa shape index (κ1) is 23.2. The predicted molar refractivity (Wildman–Crippen MR) is 122 cm³/mol. The van der Waals surface area contributed by atoms with Gasteiger partial charge in [-0.1, -0.05) is 51.3 Å². The predicted octanol–water partition coefficient (Wildman–Crippen LogP) is 3.21. The number of halogens is 3. The van der Waals surface area contributed by atoms with E-state index in [1.807, 2.05) is 4.90 Å². The minimum atomic E-state index is -3.54. The average molecular weight is 534 g/mol. The molecular weight excluding hydrogens is 515 g/mol. The molecule has 0 spiro atoms. The second-order valence-corrected chi connectivity index (χ2v) is 10.2. The van der Waals surface area contributed by atoms with Gasteiger partial charge in [0.2, 0.25) is 10.0 Å². The second kappa shape index (κ2) is 10.2. The summed E-state index contributed by atoms with van der Waals surface area (Å²) in [5, 5.41) is 4.67. The first-order valence-corrected chi connectivity index (χ1v) is 12.0. The van der Waals surface area contributed by atoms with Gasteiger partial charge in [-0.05, 0) is 30.3 Å². The molecule has 1 N–H and O–H groups in total. The van der Waals surface area contributed by atoms with E-state index in [-0.39, 0.29) is 17.3 Å². The van der Waals surface area contributed by atoms with E-state index < -0.39 is 10.0 Å². The highest BCUT2D eigenvalue weighted by Crippen LogP contribution is 2.24. The highest BCUT2D eigenvalue weighted by Gasteiger charge is 2.28. The number of benzene rings is 2. The van der Waals surface area contributed by atoms with Crippen LogP contribution in [0, 0.1) is 0 Å². The fourth-order valence-electron chi connectivity index (χ4n) is 2.92. The normalized spacial score (nSPS) is 16.1. The number of hydrazone groups is 1. The number of nitrogens with one attached hydrogen (secondary N) is 1. The number of carbonyl (C=O) groups excluding carboxylic acids is 1. The molecule has 0 aliphatic carbocycles. The van der Waals surface area contributed by atoms with Crippen molar-refractivity contribution in [1.82, 2.24) is 14.6 Å². The lowest BCUT2D eigenvalue weighted by atomic mass is 10.2. The van der Waals surface area contributed by atoms with E-state index in [0.717, 1.165) is 4.47 Å². The summed E-state index contributed by atoms with van der Waals surface area (Å²) < 4.78 is 27.7. The summed E-state index contributed by atoms with van der Waals surface area (Å²) in [5.74, 6) is -0.298. The molecule has 0 atom stereocenters. The van der Waals surface area contributed by atoms with Crippen molar-refractivity contribution in [2.45, 2.75) is 4.90 Å². The Morgan fingerprint density at radius 3 is 2.43 bits per heavy atom. The molecule has 0 saturated carbocycles. The quantitative estimate of drug-likeness (QED) is 0.456.